The number of unbranched alkanes of at least 4 members (excludes halogenated alkanes) is 4. The van der Waals surface area contributed by atoms with Gasteiger partial charge in [0.15, 0.2) is 0 Å². The fourth-order valence-electron chi connectivity index (χ4n) is 3.38. The molecule has 0 spiro atoms. The van der Waals surface area contributed by atoms with Gasteiger partial charge in [-0.25, -0.2) is 0 Å². The van der Waals surface area contributed by atoms with Crippen molar-refractivity contribution in [3.05, 3.63) is 59.7 Å². The summed E-state index contributed by atoms with van der Waals surface area (Å²) < 4.78 is 0. The number of benzene rings is 2. The topological polar surface area (TPSA) is 52.6 Å². The minimum atomic E-state index is -0.0427. The largest absolute Gasteiger partial charge is 0.508 e. The Balaban J connectivity index is 1.87. The summed E-state index contributed by atoms with van der Waals surface area (Å²) in [5.41, 5.74) is 2.99. The molecule has 4 heteroatoms. The van der Waals surface area contributed by atoms with Gasteiger partial charge in [-0.1, -0.05) is 51.7 Å². The zero-order chi connectivity index (χ0) is 20.9. The van der Waals surface area contributed by atoms with Crippen molar-refractivity contribution in [2.45, 2.75) is 58.8 Å². The molecular weight excluding hydrogens is 360 g/mol. The van der Waals surface area contributed by atoms with Gasteiger partial charge in [0.1, 0.15) is 5.75 Å². The summed E-state index contributed by atoms with van der Waals surface area (Å²) >= 11 is 0. The zero-order valence-corrected chi connectivity index (χ0v) is 18.0. The maximum absolute atomic E-state index is 12.4. The minimum absolute atomic E-state index is 0.0427. The van der Waals surface area contributed by atoms with Crippen molar-refractivity contribution in [1.29, 1.82) is 0 Å². The number of anilines is 1. The van der Waals surface area contributed by atoms with Crippen molar-refractivity contribution >= 4 is 11.6 Å². The fraction of sp³-hybridized carbons (Fsp3) is 0.480. The molecule has 2 rings (SSSR count). The van der Waals surface area contributed by atoms with E-state index in [2.05, 4.69) is 36.2 Å². The molecule has 0 saturated heterocycles. The van der Waals surface area contributed by atoms with Crippen molar-refractivity contribution in [1.82, 2.24) is 5.32 Å². The number of amides is 1. The van der Waals surface area contributed by atoms with Crippen LogP contribution in [0.1, 0.15) is 68.3 Å². The number of carbonyl (C=O) groups is 1. The lowest BCUT2D eigenvalue weighted by Gasteiger charge is -2.25. The summed E-state index contributed by atoms with van der Waals surface area (Å²) in [6.45, 7) is 7.20. The Hall–Kier alpha value is -2.49. The zero-order valence-electron chi connectivity index (χ0n) is 18.0. The van der Waals surface area contributed by atoms with Crippen LogP contribution in [0, 0.1) is 0 Å². The minimum Gasteiger partial charge on any atom is -0.508 e. The van der Waals surface area contributed by atoms with E-state index in [4.69, 9.17) is 0 Å². The van der Waals surface area contributed by atoms with Crippen molar-refractivity contribution in [3.8, 4) is 5.75 Å². The monoisotopic (exact) mass is 396 g/mol. The lowest BCUT2D eigenvalue weighted by Crippen LogP contribution is -2.27. The predicted octanol–water partition coefficient (Wildman–Crippen LogP) is 5.55. The van der Waals surface area contributed by atoms with E-state index in [1.165, 1.54) is 44.2 Å². The van der Waals surface area contributed by atoms with Crippen molar-refractivity contribution in [2.24, 2.45) is 0 Å². The third kappa shape index (κ3) is 8.18. The highest BCUT2D eigenvalue weighted by Gasteiger charge is 2.09. The summed E-state index contributed by atoms with van der Waals surface area (Å²) in [4.78, 5) is 14.9. The first-order valence-electron chi connectivity index (χ1n) is 11.0. The van der Waals surface area contributed by atoms with E-state index in [0.29, 0.717) is 12.1 Å². The van der Waals surface area contributed by atoms with E-state index >= 15 is 0 Å². The van der Waals surface area contributed by atoms with Gasteiger partial charge in [-0.3, -0.25) is 4.79 Å². The van der Waals surface area contributed by atoms with Crippen molar-refractivity contribution < 1.29 is 9.90 Å². The molecular formula is C25H36N2O2. The van der Waals surface area contributed by atoms with E-state index in [1.807, 2.05) is 24.3 Å². The van der Waals surface area contributed by atoms with Gasteiger partial charge < -0.3 is 15.3 Å². The van der Waals surface area contributed by atoms with Crippen LogP contribution in [0.25, 0.3) is 0 Å². The van der Waals surface area contributed by atoms with Crippen LogP contribution in [0.5, 0.6) is 5.75 Å². The molecule has 1 amide bonds. The van der Waals surface area contributed by atoms with E-state index in [1.54, 1.807) is 12.1 Å². The Morgan fingerprint density at radius 1 is 0.862 bits per heavy atom. The first-order valence-corrected chi connectivity index (χ1v) is 11.0. The molecule has 0 aliphatic carbocycles. The summed E-state index contributed by atoms with van der Waals surface area (Å²) in [6.07, 6.45) is 8.13. The average Bonchev–Trinajstić information content (AvgIpc) is 2.74. The van der Waals surface area contributed by atoms with Crippen LogP contribution in [0.15, 0.2) is 48.5 Å². The van der Waals surface area contributed by atoms with Crippen LogP contribution in [-0.4, -0.2) is 30.6 Å². The first-order chi connectivity index (χ1) is 14.1. The number of rotatable bonds is 13. The molecule has 0 aliphatic heterocycles. The standard InChI is InChI=1S/C25H36N2O2/c1-3-5-7-19-27(20-8-6-4-2)23-13-11-22(12-14-23)25(29)26-18-17-21-9-15-24(28)16-10-21/h9-16,28H,3-8,17-20H2,1-2H3,(H,26,29). The smallest absolute Gasteiger partial charge is 0.251 e. The van der Waals surface area contributed by atoms with Gasteiger partial charge in [-0.05, 0) is 61.2 Å². The summed E-state index contributed by atoms with van der Waals surface area (Å²) in [6, 6.07) is 15.1. The molecule has 0 aliphatic rings. The highest BCUT2D eigenvalue weighted by Crippen LogP contribution is 2.18. The van der Waals surface area contributed by atoms with E-state index in [0.717, 1.165) is 25.1 Å². The van der Waals surface area contributed by atoms with Gasteiger partial charge in [0.2, 0.25) is 0 Å². The number of phenols is 1. The van der Waals surface area contributed by atoms with Crippen LogP contribution in [-0.2, 0) is 6.42 Å². The molecule has 0 unspecified atom stereocenters. The summed E-state index contributed by atoms with van der Waals surface area (Å²) in [5.74, 6) is 0.218. The van der Waals surface area contributed by atoms with Crippen LogP contribution in [0.3, 0.4) is 0 Å². The SMILES string of the molecule is CCCCCN(CCCCC)c1ccc(C(=O)NCCc2ccc(O)cc2)cc1. The first kappa shape index (κ1) is 22.8. The molecule has 2 aromatic carbocycles. The predicted molar refractivity (Wildman–Crippen MR) is 122 cm³/mol. The third-order valence-corrected chi connectivity index (χ3v) is 5.19. The highest BCUT2D eigenvalue weighted by molar-refractivity contribution is 5.94. The normalized spacial score (nSPS) is 10.7. The molecule has 0 aromatic heterocycles. The molecule has 158 valence electrons. The number of phenolic OH excluding ortho intramolecular Hbond substituents is 1. The lowest BCUT2D eigenvalue weighted by molar-refractivity contribution is 0.0954. The number of hydrogen-bond donors (Lipinski definition) is 2. The van der Waals surface area contributed by atoms with Gasteiger partial charge in [-0.15, -0.1) is 0 Å². The molecule has 29 heavy (non-hydrogen) atoms. The number of aromatic hydroxyl groups is 1. The molecule has 4 nitrogen and oxygen atoms in total. The summed E-state index contributed by atoms with van der Waals surface area (Å²) in [7, 11) is 0. The Kier molecular flexibility index (Phi) is 10.1. The molecule has 2 N–H and O–H groups in total. The van der Waals surface area contributed by atoms with Crippen LogP contribution in [0.4, 0.5) is 5.69 Å². The highest BCUT2D eigenvalue weighted by atomic mass is 16.3. The van der Waals surface area contributed by atoms with Crippen LogP contribution >= 0.6 is 0 Å². The van der Waals surface area contributed by atoms with Crippen LogP contribution in [0.2, 0.25) is 0 Å². The van der Waals surface area contributed by atoms with E-state index in [9.17, 15) is 9.90 Å². The maximum atomic E-state index is 12.4. The molecule has 0 fully saturated rings. The van der Waals surface area contributed by atoms with Crippen LogP contribution < -0.4 is 10.2 Å². The fourth-order valence-corrected chi connectivity index (χ4v) is 3.38. The average molecular weight is 397 g/mol. The quantitative estimate of drug-likeness (QED) is 0.436. The second kappa shape index (κ2) is 12.9. The molecule has 0 radical (unpaired) electrons. The molecule has 0 heterocycles. The second-order valence-corrected chi connectivity index (χ2v) is 7.62. The van der Waals surface area contributed by atoms with Gasteiger partial charge in [-0.2, -0.15) is 0 Å². The summed E-state index contributed by atoms with van der Waals surface area (Å²) in [5, 5.41) is 12.3. The third-order valence-electron chi connectivity index (χ3n) is 5.19. The Bertz CT molecular complexity index is 701. The van der Waals surface area contributed by atoms with Gasteiger partial charge in [0.05, 0.1) is 0 Å². The maximum Gasteiger partial charge on any atom is 0.251 e. The van der Waals surface area contributed by atoms with Gasteiger partial charge in [0.25, 0.3) is 5.91 Å². The van der Waals surface area contributed by atoms with E-state index in [-0.39, 0.29) is 11.7 Å². The molecule has 0 bridgehead atoms. The second-order valence-electron chi connectivity index (χ2n) is 7.62. The van der Waals surface area contributed by atoms with E-state index < -0.39 is 0 Å². The Morgan fingerprint density at radius 3 is 2.00 bits per heavy atom. The Labute approximate surface area is 175 Å². The lowest BCUT2D eigenvalue weighted by atomic mass is 10.1. The number of nitrogens with one attached hydrogen (secondary N) is 1. The Morgan fingerprint density at radius 2 is 1.45 bits per heavy atom. The van der Waals surface area contributed by atoms with Crippen molar-refractivity contribution in [2.75, 3.05) is 24.5 Å². The molecule has 0 saturated carbocycles. The number of carbonyl (C=O) groups excluding carboxylic acids is 1. The molecule has 0 atom stereocenters. The number of nitrogens with zero attached hydrogens (tertiary/aromatic N) is 1. The molecule has 2 aromatic rings. The van der Waals surface area contributed by atoms with Gasteiger partial charge in [0, 0.05) is 30.9 Å². The van der Waals surface area contributed by atoms with Gasteiger partial charge >= 0.3 is 0 Å². The van der Waals surface area contributed by atoms with Crippen molar-refractivity contribution in [3.63, 3.8) is 0 Å². The number of hydrogen-bond acceptors (Lipinski definition) is 3.